The molecule has 0 atom stereocenters. The minimum absolute atomic E-state index is 0.00369. The summed E-state index contributed by atoms with van der Waals surface area (Å²) >= 11 is 0. The zero-order valence-electron chi connectivity index (χ0n) is 11.0. The second kappa shape index (κ2) is 6.39. The SMILES string of the molecule is O=C(NCCc1cccnc1)c1cccc(C(F)(F)F)c1. The minimum Gasteiger partial charge on any atom is -0.352 e. The van der Waals surface area contributed by atoms with Gasteiger partial charge in [0.2, 0.25) is 0 Å². The van der Waals surface area contributed by atoms with Crippen LogP contribution in [-0.2, 0) is 12.6 Å². The zero-order chi connectivity index (χ0) is 15.3. The minimum atomic E-state index is -4.45. The Morgan fingerprint density at radius 2 is 2.00 bits per heavy atom. The van der Waals surface area contributed by atoms with Gasteiger partial charge in [-0.25, -0.2) is 0 Å². The number of hydrogen-bond acceptors (Lipinski definition) is 2. The summed E-state index contributed by atoms with van der Waals surface area (Å²) in [6.45, 7) is 0.334. The first kappa shape index (κ1) is 15.0. The van der Waals surface area contributed by atoms with Crippen LogP contribution in [0.25, 0.3) is 0 Å². The largest absolute Gasteiger partial charge is 0.416 e. The topological polar surface area (TPSA) is 42.0 Å². The standard InChI is InChI=1S/C15H13F3N2O/c16-15(17,18)13-5-1-4-12(9-13)14(21)20-8-6-11-3-2-7-19-10-11/h1-5,7,9-10H,6,8H2,(H,20,21). The third-order valence-corrected chi connectivity index (χ3v) is 2.87. The molecule has 2 aromatic rings. The maximum absolute atomic E-state index is 12.6. The van der Waals surface area contributed by atoms with Crippen molar-refractivity contribution in [3.05, 3.63) is 65.5 Å². The molecular formula is C15H13F3N2O. The summed E-state index contributed by atoms with van der Waals surface area (Å²) in [5.74, 6) is -0.523. The lowest BCUT2D eigenvalue weighted by Crippen LogP contribution is -2.26. The number of pyridine rings is 1. The summed E-state index contributed by atoms with van der Waals surface area (Å²) in [7, 11) is 0. The van der Waals surface area contributed by atoms with Crippen LogP contribution in [0.3, 0.4) is 0 Å². The highest BCUT2D eigenvalue weighted by atomic mass is 19.4. The van der Waals surface area contributed by atoms with E-state index < -0.39 is 17.6 Å². The van der Waals surface area contributed by atoms with Gasteiger partial charge in [0.15, 0.2) is 0 Å². The maximum Gasteiger partial charge on any atom is 0.416 e. The Balaban J connectivity index is 1.95. The van der Waals surface area contributed by atoms with E-state index in [1.54, 1.807) is 18.5 Å². The van der Waals surface area contributed by atoms with Crippen molar-refractivity contribution < 1.29 is 18.0 Å². The molecule has 1 heterocycles. The van der Waals surface area contributed by atoms with E-state index in [1.165, 1.54) is 12.1 Å². The molecule has 1 aromatic carbocycles. The van der Waals surface area contributed by atoms with Crippen LogP contribution in [0.4, 0.5) is 13.2 Å². The molecule has 0 spiro atoms. The molecular weight excluding hydrogens is 281 g/mol. The molecule has 0 saturated heterocycles. The normalized spacial score (nSPS) is 11.2. The highest BCUT2D eigenvalue weighted by molar-refractivity contribution is 5.94. The fourth-order valence-corrected chi connectivity index (χ4v) is 1.81. The van der Waals surface area contributed by atoms with Gasteiger partial charge in [0.25, 0.3) is 5.91 Å². The van der Waals surface area contributed by atoms with Gasteiger partial charge in [-0.3, -0.25) is 9.78 Å². The van der Waals surface area contributed by atoms with Gasteiger partial charge in [-0.1, -0.05) is 12.1 Å². The monoisotopic (exact) mass is 294 g/mol. The average Bonchev–Trinajstić information content (AvgIpc) is 2.47. The van der Waals surface area contributed by atoms with Crippen molar-refractivity contribution in [1.82, 2.24) is 10.3 Å². The lowest BCUT2D eigenvalue weighted by Gasteiger charge is -2.09. The van der Waals surface area contributed by atoms with Gasteiger partial charge in [0.05, 0.1) is 5.56 Å². The van der Waals surface area contributed by atoms with Crippen LogP contribution >= 0.6 is 0 Å². The van der Waals surface area contributed by atoms with Crippen LogP contribution in [-0.4, -0.2) is 17.4 Å². The van der Waals surface area contributed by atoms with E-state index in [0.717, 1.165) is 17.7 Å². The molecule has 110 valence electrons. The zero-order valence-corrected chi connectivity index (χ0v) is 11.0. The Hall–Kier alpha value is -2.37. The number of carbonyl (C=O) groups is 1. The molecule has 0 aliphatic carbocycles. The van der Waals surface area contributed by atoms with Crippen LogP contribution < -0.4 is 5.32 Å². The lowest BCUT2D eigenvalue weighted by molar-refractivity contribution is -0.137. The van der Waals surface area contributed by atoms with Crippen molar-refractivity contribution in [2.45, 2.75) is 12.6 Å². The van der Waals surface area contributed by atoms with Crippen LogP contribution in [0.15, 0.2) is 48.8 Å². The van der Waals surface area contributed by atoms with E-state index in [-0.39, 0.29) is 5.56 Å². The Kier molecular flexibility index (Phi) is 4.57. The molecule has 1 N–H and O–H groups in total. The molecule has 0 bridgehead atoms. The summed E-state index contributed by atoms with van der Waals surface area (Å²) in [5.41, 5.74) is 0.111. The number of nitrogens with zero attached hydrogens (tertiary/aromatic N) is 1. The molecule has 0 radical (unpaired) electrons. The third kappa shape index (κ3) is 4.30. The van der Waals surface area contributed by atoms with E-state index in [2.05, 4.69) is 10.3 Å². The molecule has 1 amide bonds. The second-order valence-electron chi connectivity index (χ2n) is 4.45. The van der Waals surface area contributed by atoms with Crippen molar-refractivity contribution in [1.29, 1.82) is 0 Å². The Labute approximate surface area is 119 Å². The average molecular weight is 294 g/mol. The van der Waals surface area contributed by atoms with Gasteiger partial charge >= 0.3 is 6.18 Å². The van der Waals surface area contributed by atoms with E-state index >= 15 is 0 Å². The van der Waals surface area contributed by atoms with Crippen molar-refractivity contribution in [2.75, 3.05) is 6.54 Å². The molecule has 0 fully saturated rings. The number of nitrogens with one attached hydrogen (secondary N) is 1. The van der Waals surface area contributed by atoms with Crippen molar-refractivity contribution >= 4 is 5.91 Å². The predicted molar refractivity (Wildman–Crippen MR) is 71.7 cm³/mol. The molecule has 0 aliphatic heterocycles. The van der Waals surface area contributed by atoms with Gasteiger partial charge in [-0.15, -0.1) is 0 Å². The number of alkyl halides is 3. The number of rotatable bonds is 4. The third-order valence-electron chi connectivity index (χ3n) is 2.87. The number of carbonyl (C=O) groups excluding carboxylic acids is 1. The van der Waals surface area contributed by atoms with E-state index in [0.29, 0.717) is 13.0 Å². The van der Waals surface area contributed by atoms with Crippen LogP contribution in [0.1, 0.15) is 21.5 Å². The van der Waals surface area contributed by atoms with E-state index in [4.69, 9.17) is 0 Å². The van der Waals surface area contributed by atoms with Crippen LogP contribution in [0, 0.1) is 0 Å². The smallest absolute Gasteiger partial charge is 0.352 e. The van der Waals surface area contributed by atoms with Gasteiger partial charge < -0.3 is 5.32 Å². The van der Waals surface area contributed by atoms with Crippen LogP contribution in [0.5, 0.6) is 0 Å². The quantitative estimate of drug-likeness (QED) is 0.941. The summed E-state index contributed by atoms with van der Waals surface area (Å²) in [6.07, 6.45) is -0.564. The first-order valence-corrected chi connectivity index (χ1v) is 6.31. The molecule has 3 nitrogen and oxygen atoms in total. The molecule has 2 rings (SSSR count). The lowest BCUT2D eigenvalue weighted by atomic mass is 10.1. The predicted octanol–water partition coefficient (Wildman–Crippen LogP) is 3.07. The molecule has 0 aliphatic rings. The van der Waals surface area contributed by atoms with E-state index in [9.17, 15) is 18.0 Å². The number of aromatic nitrogens is 1. The summed E-state index contributed by atoms with van der Waals surface area (Å²) in [5, 5.41) is 2.59. The summed E-state index contributed by atoms with van der Waals surface area (Å²) < 4.78 is 37.7. The number of hydrogen-bond donors (Lipinski definition) is 1. The first-order valence-electron chi connectivity index (χ1n) is 6.31. The fraction of sp³-hybridized carbons (Fsp3) is 0.200. The summed E-state index contributed by atoms with van der Waals surface area (Å²) in [4.78, 5) is 15.8. The van der Waals surface area contributed by atoms with Crippen molar-refractivity contribution in [2.24, 2.45) is 0 Å². The summed E-state index contributed by atoms with van der Waals surface area (Å²) in [6, 6.07) is 8.01. The molecule has 6 heteroatoms. The molecule has 0 unspecified atom stereocenters. The Morgan fingerprint density at radius 1 is 1.19 bits per heavy atom. The van der Waals surface area contributed by atoms with Gasteiger partial charge in [0.1, 0.15) is 0 Å². The van der Waals surface area contributed by atoms with Gasteiger partial charge in [-0.05, 0) is 36.2 Å². The van der Waals surface area contributed by atoms with Gasteiger partial charge in [0, 0.05) is 24.5 Å². The highest BCUT2D eigenvalue weighted by Crippen LogP contribution is 2.29. The number of halogens is 3. The fourth-order valence-electron chi connectivity index (χ4n) is 1.81. The molecule has 1 aromatic heterocycles. The van der Waals surface area contributed by atoms with Crippen molar-refractivity contribution in [3.63, 3.8) is 0 Å². The Bertz CT molecular complexity index is 612. The van der Waals surface area contributed by atoms with Crippen molar-refractivity contribution in [3.8, 4) is 0 Å². The Morgan fingerprint density at radius 3 is 2.67 bits per heavy atom. The maximum atomic E-state index is 12.6. The van der Waals surface area contributed by atoms with Crippen LogP contribution in [0.2, 0.25) is 0 Å². The van der Waals surface area contributed by atoms with Gasteiger partial charge in [-0.2, -0.15) is 13.2 Å². The molecule has 21 heavy (non-hydrogen) atoms. The molecule has 0 saturated carbocycles. The number of amides is 1. The highest BCUT2D eigenvalue weighted by Gasteiger charge is 2.30. The second-order valence-corrected chi connectivity index (χ2v) is 4.45. The van der Waals surface area contributed by atoms with E-state index in [1.807, 2.05) is 6.07 Å². The number of benzene rings is 1. The first-order chi connectivity index (χ1) is 9.97.